The number of benzene rings is 1. The lowest BCUT2D eigenvalue weighted by Crippen LogP contribution is -2.39. The summed E-state index contributed by atoms with van der Waals surface area (Å²) in [5, 5.41) is 10.8. The number of H-pyrrole nitrogens is 1. The van der Waals surface area contributed by atoms with E-state index in [-0.39, 0.29) is 5.91 Å². The summed E-state index contributed by atoms with van der Waals surface area (Å²) in [7, 11) is 0. The van der Waals surface area contributed by atoms with Crippen molar-refractivity contribution in [3.8, 4) is 11.3 Å². The van der Waals surface area contributed by atoms with Gasteiger partial charge in [-0.1, -0.05) is 17.3 Å². The summed E-state index contributed by atoms with van der Waals surface area (Å²) in [6.07, 6.45) is 4.46. The Morgan fingerprint density at radius 1 is 1.23 bits per heavy atom. The second-order valence-electron chi connectivity index (χ2n) is 6.72. The molecule has 1 aliphatic heterocycles. The molecule has 1 aromatic carbocycles. The molecule has 3 heterocycles. The summed E-state index contributed by atoms with van der Waals surface area (Å²) in [5.74, 6) is 1.96. The molecule has 7 nitrogen and oxygen atoms in total. The highest BCUT2D eigenvalue weighted by atomic mass is 16.5. The van der Waals surface area contributed by atoms with Crippen LogP contribution in [0.15, 0.2) is 41.1 Å². The summed E-state index contributed by atoms with van der Waals surface area (Å²) in [6, 6.07) is 9.57. The number of rotatable bonds is 4. The van der Waals surface area contributed by atoms with Gasteiger partial charge in [-0.2, -0.15) is 10.1 Å². The summed E-state index contributed by atoms with van der Waals surface area (Å²) in [4.78, 5) is 18.9. The van der Waals surface area contributed by atoms with Crippen LogP contribution in [0.4, 0.5) is 0 Å². The zero-order valence-electron chi connectivity index (χ0n) is 14.7. The van der Waals surface area contributed by atoms with Crippen LogP contribution in [0, 0.1) is 12.8 Å². The summed E-state index contributed by atoms with van der Waals surface area (Å²) < 4.78 is 5.03. The first-order valence-corrected chi connectivity index (χ1v) is 8.87. The van der Waals surface area contributed by atoms with Crippen LogP contribution in [0.1, 0.15) is 34.9 Å². The van der Waals surface area contributed by atoms with Crippen LogP contribution in [0.3, 0.4) is 0 Å². The Hall–Kier alpha value is -2.96. The molecule has 1 amide bonds. The van der Waals surface area contributed by atoms with Gasteiger partial charge in [-0.3, -0.25) is 9.89 Å². The SMILES string of the molecule is Cc1nc(CC2CCN(C(=O)c3ccc(-c4ccn[nH]4)cc3)CC2)no1. The Bertz CT molecular complexity index is 862. The number of carbonyl (C=O) groups excluding carboxylic acids is 1. The number of aryl methyl sites for hydroxylation is 1. The highest BCUT2D eigenvalue weighted by Crippen LogP contribution is 2.23. The fraction of sp³-hybridized carbons (Fsp3) is 0.368. The Morgan fingerprint density at radius 3 is 2.62 bits per heavy atom. The van der Waals surface area contributed by atoms with Crippen molar-refractivity contribution in [1.82, 2.24) is 25.2 Å². The standard InChI is InChI=1S/C19H21N5O2/c1-13-21-18(23-26-13)12-14-7-10-24(11-8-14)19(25)16-4-2-15(3-5-16)17-6-9-20-22-17/h2-6,9,14H,7-8,10-12H2,1H3,(H,20,22). The largest absolute Gasteiger partial charge is 0.340 e. The molecule has 1 N–H and O–H groups in total. The first-order valence-electron chi connectivity index (χ1n) is 8.87. The monoisotopic (exact) mass is 351 g/mol. The van der Waals surface area contributed by atoms with E-state index >= 15 is 0 Å². The lowest BCUT2D eigenvalue weighted by Gasteiger charge is -2.31. The van der Waals surface area contributed by atoms with E-state index in [9.17, 15) is 4.79 Å². The minimum atomic E-state index is 0.0926. The van der Waals surface area contributed by atoms with Gasteiger partial charge in [0.1, 0.15) is 0 Å². The molecule has 0 spiro atoms. The highest BCUT2D eigenvalue weighted by Gasteiger charge is 2.24. The highest BCUT2D eigenvalue weighted by molar-refractivity contribution is 5.94. The third kappa shape index (κ3) is 3.51. The van der Waals surface area contributed by atoms with Crippen molar-refractivity contribution in [3.05, 3.63) is 53.8 Å². The molecule has 0 bridgehead atoms. The minimum absolute atomic E-state index is 0.0926. The molecule has 0 atom stereocenters. The minimum Gasteiger partial charge on any atom is -0.340 e. The van der Waals surface area contributed by atoms with Crippen molar-refractivity contribution < 1.29 is 9.32 Å². The normalized spacial score (nSPS) is 15.3. The number of aromatic nitrogens is 4. The van der Waals surface area contributed by atoms with Crippen LogP contribution in [-0.4, -0.2) is 44.2 Å². The van der Waals surface area contributed by atoms with Gasteiger partial charge in [0.05, 0.1) is 5.69 Å². The van der Waals surface area contributed by atoms with Crippen molar-refractivity contribution >= 4 is 5.91 Å². The van der Waals surface area contributed by atoms with Crippen molar-refractivity contribution in [2.45, 2.75) is 26.2 Å². The van der Waals surface area contributed by atoms with Crippen molar-refractivity contribution in [2.24, 2.45) is 5.92 Å². The van der Waals surface area contributed by atoms with E-state index in [1.807, 2.05) is 35.2 Å². The molecule has 7 heteroatoms. The molecule has 0 aliphatic carbocycles. The number of nitrogens with zero attached hydrogens (tertiary/aromatic N) is 4. The maximum absolute atomic E-state index is 12.7. The quantitative estimate of drug-likeness (QED) is 0.781. The van der Waals surface area contributed by atoms with Crippen LogP contribution < -0.4 is 0 Å². The van der Waals surface area contributed by atoms with Crippen LogP contribution in [0.25, 0.3) is 11.3 Å². The van der Waals surface area contributed by atoms with Crippen LogP contribution in [0.2, 0.25) is 0 Å². The van der Waals surface area contributed by atoms with E-state index in [0.29, 0.717) is 11.8 Å². The number of carbonyl (C=O) groups is 1. The van der Waals surface area contributed by atoms with Crippen molar-refractivity contribution in [1.29, 1.82) is 0 Å². The van der Waals surface area contributed by atoms with Gasteiger partial charge < -0.3 is 9.42 Å². The molecule has 0 saturated carbocycles. The smallest absolute Gasteiger partial charge is 0.253 e. The molecular weight excluding hydrogens is 330 g/mol. The third-order valence-corrected chi connectivity index (χ3v) is 4.89. The molecule has 0 unspecified atom stereocenters. The average molecular weight is 351 g/mol. The van der Waals surface area contributed by atoms with Gasteiger partial charge in [-0.25, -0.2) is 0 Å². The van der Waals surface area contributed by atoms with Gasteiger partial charge in [0.25, 0.3) is 5.91 Å². The first-order chi connectivity index (χ1) is 12.7. The zero-order valence-corrected chi connectivity index (χ0v) is 14.7. The molecule has 4 rings (SSSR count). The Morgan fingerprint density at radius 2 is 2.00 bits per heavy atom. The van der Waals surface area contributed by atoms with E-state index in [2.05, 4.69) is 20.3 Å². The van der Waals surface area contributed by atoms with E-state index in [1.165, 1.54) is 0 Å². The van der Waals surface area contributed by atoms with E-state index in [0.717, 1.165) is 55.0 Å². The maximum Gasteiger partial charge on any atom is 0.253 e. The molecule has 26 heavy (non-hydrogen) atoms. The predicted octanol–water partition coefficient (Wildman–Crippen LogP) is 2.86. The molecule has 1 aliphatic rings. The number of piperidine rings is 1. The fourth-order valence-electron chi connectivity index (χ4n) is 3.41. The van der Waals surface area contributed by atoms with Crippen molar-refractivity contribution in [2.75, 3.05) is 13.1 Å². The molecule has 134 valence electrons. The second kappa shape index (κ2) is 7.11. The fourth-order valence-corrected chi connectivity index (χ4v) is 3.41. The first kappa shape index (κ1) is 16.5. The Balaban J connectivity index is 1.34. The number of hydrogen-bond acceptors (Lipinski definition) is 5. The van der Waals surface area contributed by atoms with Crippen LogP contribution in [0.5, 0.6) is 0 Å². The molecule has 0 radical (unpaired) electrons. The molecule has 1 saturated heterocycles. The van der Waals surface area contributed by atoms with Gasteiger partial charge in [-0.15, -0.1) is 0 Å². The molecule has 3 aromatic rings. The summed E-state index contributed by atoms with van der Waals surface area (Å²) in [5.41, 5.74) is 2.69. The molecular formula is C19H21N5O2. The Kier molecular flexibility index (Phi) is 4.51. The Labute approximate surface area is 151 Å². The molecule has 2 aromatic heterocycles. The number of hydrogen-bond donors (Lipinski definition) is 1. The van der Waals surface area contributed by atoms with E-state index in [1.54, 1.807) is 13.1 Å². The average Bonchev–Trinajstić information content (AvgIpc) is 3.34. The maximum atomic E-state index is 12.7. The third-order valence-electron chi connectivity index (χ3n) is 4.89. The lowest BCUT2D eigenvalue weighted by atomic mass is 9.93. The number of likely N-dealkylation sites (tertiary alicyclic amines) is 1. The van der Waals surface area contributed by atoms with Gasteiger partial charge in [-0.05, 0) is 42.5 Å². The van der Waals surface area contributed by atoms with Gasteiger partial charge in [0.15, 0.2) is 5.82 Å². The van der Waals surface area contributed by atoms with Gasteiger partial charge >= 0.3 is 0 Å². The number of amides is 1. The predicted molar refractivity (Wildman–Crippen MR) is 95.4 cm³/mol. The van der Waals surface area contributed by atoms with Gasteiger partial charge in [0.2, 0.25) is 5.89 Å². The van der Waals surface area contributed by atoms with Gasteiger partial charge in [0, 0.05) is 38.2 Å². The van der Waals surface area contributed by atoms with Crippen LogP contribution in [-0.2, 0) is 6.42 Å². The number of aromatic amines is 1. The summed E-state index contributed by atoms with van der Waals surface area (Å²) >= 11 is 0. The zero-order chi connectivity index (χ0) is 17.9. The number of nitrogens with one attached hydrogen (secondary N) is 1. The van der Waals surface area contributed by atoms with Crippen LogP contribution >= 0.6 is 0 Å². The molecule has 1 fully saturated rings. The topological polar surface area (TPSA) is 87.9 Å². The van der Waals surface area contributed by atoms with E-state index < -0.39 is 0 Å². The summed E-state index contributed by atoms with van der Waals surface area (Å²) in [6.45, 7) is 3.33. The lowest BCUT2D eigenvalue weighted by molar-refractivity contribution is 0.0689. The van der Waals surface area contributed by atoms with E-state index in [4.69, 9.17) is 4.52 Å². The second-order valence-corrected chi connectivity index (χ2v) is 6.72. The van der Waals surface area contributed by atoms with Crippen molar-refractivity contribution in [3.63, 3.8) is 0 Å².